The summed E-state index contributed by atoms with van der Waals surface area (Å²) in [6, 6.07) is 0. The van der Waals surface area contributed by atoms with Gasteiger partial charge in [-0.1, -0.05) is 25.8 Å². The van der Waals surface area contributed by atoms with Crippen LogP contribution in [0.5, 0.6) is 0 Å². The van der Waals surface area contributed by atoms with Crippen LogP contribution in [0.15, 0.2) is 12.7 Å². The maximum absolute atomic E-state index is 11.1. The highest BCUT2D eigenvalue weighted by molar-refractivity contribution is 5.79. The van der Waals surface area contributed by atoms with Crippen LogP contribution in [0.3, 0.4) is 0 Å². The zero-order valence-corrected chi connectivity index (χ0v) is 8.20. The molecule has 1 saturated carbocycles. The number of aliphatic hydroxyl groups is 1. The van der Waals surface area contributed by atoms with Crippen LogP contribution >= 0.6 is 0 Å². The molecular weight excluding hydrogens is 182 g/mol. The third-order valence-electron chi connectivity index (χ3n) is 2.76. The number of rotatable bonds is 4. The molecule has 0 aliphatic heterocycles. The van der Waals surface area contributed by atoms with Crippen molar-refractivity contribution < 1.29 is 15.0 Å². The predicted molar refractivity (Wildman–Crippen MR) is 52.8 cm³/mol. The van der Waals surface area contributed by atoms with E-state index in [1.807, 2.05) is 0 Å². The Hall–Kier alpha value is -0.870. The minimum Gasteiger partial charge on any atom is -0.480 e. The fourth-order valence-corrected chi connectivity index (χ4v) is 1.92. The lowest BCUT2D eigenvalue weighted by Crippen LogP contribution is -2.56. The number of carboxylic acids is 1. The molecule has 0 bridgehead atoms. The summed E-state index contributed by atoms with van der Waals surface area (Å²) in [5.74, 6) is -0.877. The molecule has 0 amide bonds. The SMILES string of the molecule is C=CC(O)NC1(C(=O)O)CCCCC1. The number of hydrogen-bond donors (Lipinski definition) is 3. The lowest BCUT2D eigenvalue weighted by atomic mass is 9.81. The molecule has 4 nitrogen and oxygen atoms in total. The Morgan fingerprint density at radius 1 is 1.43 bits per heavy atom. The van der Waals surface area contributed by atoms with Gasteiger partial charge in [0.2, 0.25) is 0 Å². The van der Waals surface area contributed by atoms with E-state index >= 15 is 0 Å². The summed E-state index contributed by atoms with van der Waals surface area (Å²) in [6.45, 7) is 3.41. The monoisotopic (exact) mass is 199 g/mol. The number of aliphatic hydroxyl groups excluding tert-OH is 1. The zero-order valence-electron chi connectivity index (χ0n) is 8.20. The van der Waals surface area contributed by atoms with Gasteiger partial charge in [-0.15, -0.1) is 0 Å². The lowest BCUT2D eigenvalue weighted by molar-refractivity contribution is -0.147. The summed E-state index contributed by atoms with van der Waals surface area (Å²) in [5.41, 5.74) is -0.953. The molecule has 1 aliphatic rings. The fourth-order valence-electron chi connectivity index (χ4n) is 1.92. The zero-order chi connectivity index (χ0) is 10.6. The molecule has 0 aromatic carbocycles. The molecule has 0 heterocycles. The van der Waals surface area contributed by atoms with Crippen molar-refractivity contribution in [3.05, 3.63) is 12.7 Å². The molecule has 1 fully saturated rings. The van der Waals surface area contributed by atoms with Crippen LogP contribution in [0.2, 0.25) is 0 Å². The van der Waals surface area contributed by atoms with Crippen LogP contribution < -0.4 is 5.32 Å². The van der Waals surface area contributed by atoms with Crippen molar-refractivity contribution >= 4 is 5.97 Å². The Kier molecular flexibility index (Phi) is 3.66. The Morgan fingerprint density at radius 2 is 2.00 bits per heavy atom. The second kappa shape index (κ2) is 4.57. The van der Waals surface area contributed by atoms with E-state index in [-0.39, 0.29) is 0 Å². The Morgan fingerprint density at radius 3 is 2.43 bits per heavy atom. The number of carboxylic acid groups (broad SMARTS) is 1. The van der Waals surface area contributed by atoms with Gasteiger partial charge in [0.25, 0.3) is 0 Å². The molecule has 0 aromatic rings. The van der Waals surface area contributed by atoms with E-state index in [1.165, 1.54) is 6.08 Å². The molecule has 3 N–H and O–H groups in total. The van der Waals surface area contributed by atoms with Crippen molar-refractivity contribution in [3.8, 4) is 0 Å². The van der Waals surface area contributed by atoms with E-state index in [0.717, 1.165) is 19.3 Å². The van der Waals surface area contributed by atoms with Gasteiger partial charge in [-0.3, -0.25) is 10.1 Å². The maximum Gasteiger partial charge on any atom is 0.323 e. The van der Waals surface area contributed by atoms with Crippen molar-refractivity contribution in [1.82, 2.24) is 5.32 Å². The third kappa shape index (κ3) is 2.33. The topological polar surface area (TPSA) is 69.6 Å². The predicted octanol–water partition coefficient (Wildman–Crippen LogP) is 0.868. The largest absolute Gasteiger partial charge is 0.480 e. The summed E-state index contributed by atoms with van der Waals surface area (Å²) >= 11 is 0. The number of carbonyl (C=O) groups is 1. The minimum absolute atomic E-state index is 0.577. The van der Waals surface area contributed by atoms with Crippen LogP contribution in [0, 0.1) is 0 Å². The van der Waals surface area contributed by atoms with Gasteiger partial charge in [-0.2, -0.15) is 0 Å². The van der Waals surface area contributed by atoms with Crippen molar-refractivity contribution in [2.45, 2.75) is 43.9 Å². The molecule has 14 heavy (non-hydrogen) atoms. The van der Waals surface area contributed by atoms with E-state index < -0.39 is 17.7 Å². The van der Waals surface area contributed by atoms with E-state index in [0.29, 0.717) is 12.8 Å². The average molecular weight is 199 g/mol. The lowest BCUT2D eigenvalue weighted by Gasteiger charge is -2.35. The second-order valence-electron chi connectivity index (χ2n) is 3.77. The summed E-state index contributed by atoms with van der Waals surface area (Å²) in [6.07, 6.45) is 4.37. The van der Waals surface area contributed by atoms with E-state index in [2.05, 4.69) is 11.9 Å². The molecule has 0 aromatic heterocycles. The van der Waals surface area contributed by atoms with Crippen LogP contribution in [0.25, 0.3) is 0 Å². The highest BCUT2D eigenvalue weighted by atomic mass is 16.4. The first kappa shape index (κ1) is 11.2. The van der Waals surface area contributed by atoms with E-state index in [1.54, 1.807) is 0 Å². The van der Waals surface area contributed by atoms with Crippen LogP contribution in [-0.4, -0.2) is 27.9 Å². The van der Waals surface area contributed by atoms with Gasteiger partial charge < -0.3 is 10.2 Å². The van der Waals surface area contributed by atoms with Gasteiger partial charge in [0.15, 0.2) is 0 Å². The van der Waals surface area contributed by atoms with E-state index in [4.69, 9.17) is 5.11 Å². The van der Waals surface area contributed by atoms with Crippen LogP contribution in [-0.2, 0) is 4.79 Å². The molecule has 1 rings (SSSR count). The van der Waals surface area contributed by atoms with Gasteiger partial charge in [0.1, 0.15) is 11.8 Å². The third-order valence-corrected chi connectivity index (χ3v) is 2.76. The van der Waals surface area contributed by atoms with Crippen molar-refractivity contribution in [2.24, 2.45) is 0 Å². The van der Waals surface area contributed by atoms with Gasteiger partial charge in [-0.25, -0.2) is 0 Å². The van der Waals surface area contributed by atoms with Crippen LogP contribution in [0.4, 0.5) is 0 Å². The highest BCUT2D eigenvalue weighted by Gasteiger charge is 2.40. The number of aliphatic carboxylic acids is 1. The average Bonchev–Trinajstić information content (AvgIpc) is 2.19. The molecule has 0 saturated heterocycles. The number of nitrogens with one attached hydrogen (secondary N) is 1. The Balaban J connectivity index is 2.70. The molecule has 1 unspecified atom stereocenters. The summed E-state index contributed by atoms with van der Waals surface area (Å²) in [7, 11) is 0. The van der Waals surface area contributed by atoms with Gasteiger partial charge >= 0.3 is 5.97 Å². The first-order valence-corrected chi connectivity index (χ1v) is 4.92. The highest BCUT2D eigenvalue weighted by Crippen LogP contribution is 2.28. The standard InChI is InChI=1S/C10H17NO3/c1-2-8(12)11-10(9(13)14)6-4-3-5-7-10/h2,8,11-12H,1,3-7H2,(H,13,14). The Bertz CT molecular complexity index is 221. The fraction of sp³-hybridized carbons (Fsp3) is 0.700. The first-order valence-electron chi connectivity index (χ1n) is 4.92. The van der Waals surface area contributed by atoms with Crippen LogP contribution in [0.1, 0.15) is 32.1 Å². The molecule has 80 valence electrons. The normalized spacial score (nSPS) is 22.6. The number of hydrogen-bond acceptors (Lipinski definition) is 3. The molecule has 1 atom stereocenters. The van der Waals surface area contributed by atoms with Crippen molar-refractivity contribution in [1.29, 1.82) is 0 Å². The van der Waals surface area contributed by atoms with Gasteiger partial charge in [0, 0.05) is 0 Å². The second-order valence-corrected chi connectivity index (χ2v) is 3.77. The minimum atomic E-state index is -0.953. The maximum atomic E-state index is 11.1. The van der Waals surface area contributed by atoms with Crippen molar-refractivity contribution in [3.63, 3.8) is 0 Å². The molecule has 1 aliphatic carbocycles. The summed E-state index contributed by atoms with van der Waals surface area (Å²) < 4.78 is 0. The summed E-state index contributed by atoms with van der Waals surface area (Å²) in [5, 5.41) is 21.2. The summed E-state index contributed by atoms with van der Waals surface area (Å²) in [4.78, 5) is 11.1. The molecular formula is C10H17NO3. The smallest absolute Gasteiger partial charge is 0.323 e. The molecule has 0 radical (unpaired) electrons. The van der Waals surface area contributed by atoms with Crippen molar-refractivity contribution in [2.75, 3.05) is 0 Å². The van der Waals surface area contributed by atoms with Gasteiger partial charge in [0.05, 0.1) is 0 Å². The molecule has 4 heteroatoms. The quantitative estimate of drug-likeness (QED) is 0.464. The first-order chi connectivity index (χ1) is 6.60. The Labute approximate surface area is 83.6 Å². The van der Waals surface area contributed by atoms with E-state index in [9.17, 15) is 9.90 Å². The molecule has 0 spiro atoms. The van der Waals surface area contributed by atoms with Gasteiger partial charge in [-0.05, 0) is 18.9 Å².